The quantitative estimate of drug-likeness (QED) is 0.571. The van der Waals surface area contributed by atoms with Crippen LogP contribution in [-0.4, -0.2) is 11.0 Å². The van der Waals surface area contributed by atoms with Gasteiger partial charge in [0.1, 0.15) is 0 Å². The van der Waals surface area contributed by atoms with Crippen LogP contribution in [0.3, 0.4) is 0 Å². The lowest BCUT2D eigenvalue weighted by Gasteiger charge is -2.13. The molecule has 0 saturated heterocycles. The van der Waals surface area contributed by atoms with Crippen molar-refractivity contribution in [2.45, 2.75) is 20.3 Å². The fourth-order valence-corrected chi connectivity index (χ4v) is 1.45. The maximum atomic E-state index is 11.0. The van der Waals surface area contributed by atoms with E-state index in [1.54, 1.807) is 13.0 Å². The van der Waals surface area contributed by atoms with Gasteiger partial charge in [-0.15, -0.1) is 0 Å². The highest BCUT2D eigenvalue weighted by molar-refractivity contribution is 7.80. The van der Waals surface area contributed by atoms with Crippen molar-refractivity contribution in [3.63, 3.8) is 0 Å². The fourth-order valence-electron chi connectivity index (χ4n) is 1.11. The Hall–Kier alpha value is -1.33. The van der Waals surface area contributed by atoms with E-state index in [1.807, 2.05) is 19.1 Å². The third-order valence-corrected chi connectivity index (χ3v) is 2.77. The third kappa shape index (κ3) is 4.20. The highest BCUT2D eigenvalue weighted by atomic mass is 35.5. The molecule has 0 aliphatic carbocycles. The van der Waals surface area contributed by atoms with Gasteiger partial charge in [-0.2, -0.15) is 0 Å². The van der Waals surface area contributed by atoms with E-state index >= 15 is 0 Å². The average Bonchev–Trinajstić information content (AvgIpc) is 2.32. The first-order chi connectivity index (χ1) is 8.04. The van der Waals surface area contributed by atoms with Crippen molar-refractivity contribution in [3.8, 4) is 0 Å². The van der Waals surface area contributed by atoms with Gasteiger partial charge in [-0.05, 0) is 36.8 Å². The lowest BCUT2D eigenvalue weighted by atomic mass is 10.2. The Bertz CT molecular complexity index is 437. The normalized spacial score (nSPS) is 9.59. The monoisotopic (exact) mass is 271 g/mol. The predicted octanol–water partition coefficient (Wildman–Crippen LogP) is 2.38. The molecule has 3 N–H and O–H groups in total. The van der Waals surface area contributed by atoms with Crippen molar-refractivity contribution in [2.24, 2.45) is 0 Å². The van der Waals surface area contributed by atoms with Crippen LogP contribution in [0.2, 0.25) is 5.02 Å². The number of hydrogen-bond acceptors (Lipinski definition) is 2. The summed E-state index contributed by atoms with van der Waals surface area (Å²) >= 11 is 11.0. The molecule has 1 aromatic carbocycles. The van der Waals surface area contributed by atoms with Gasteiger partial charge in [0, 0.05) is 17.1 Å². The summed E-state index contributed by atoms with van der Waals surface area (Å²) < 4.78 is 0. The number of hydrogen-bond donors (Lipinski definition) is 3. The van der Waals surface area contributed by atoms with Crippen molar-refractivity contribution in [1.29, 1.82) is 0 Å². The smallest absolute Gasteiger partial charge is 0.238 e. The zero-order chi connectivity index (χ0) is 12.8. The number of halogens is 1. The number of amides is 1. The summed E-state index contributed by atoms with van der Waals surface area (Å²) in [6.45, 7) is 3.65. The zero-order valence-corrected chi connectivity index (χ0v) is 11.2. The van der Waals surface area contributed by atoms with Gasteiger partial charge in [0.2, 0.25) is 5.91 Å². The molecule has 0 unspecified atom stereocenters. The molecular weight excluding hydrogens is 258 g/mol. The minimum Gasteiger partial charge on any atom is -0.331 e. The number of hydrazine groups is 1. The molecule has 1 aromatic rings. The minimum absolute atomic E-state index is 0.128. The van der Waals surface area contributed by atoms with Gasteiger partial charge in [0.15, 0.2) is 5.11 Å². The standard InChI is InChI=1S/C11H14ClN3OS/c1-3-10(16)14-15-11(17)13-9-6-4-5-8(12)7(9)2/h4-6H,3H2,1-2H3,(H,14,16)(H2,13,15,17). The molecule has 0 heterocycles. The van der Waals surface area contributed by atoms with Gasteiger partial charge in [-0.3, -0.25) is 15.6 Å². The molecule has 4 nitrogen and oxygen atoms in total. The highest BCUT2D eigenvalue weighted by Gasteiger charge is 2.04. The fraction of sp³-hybridized carbons (Fsp3) is 0.273. The van der Waals surface area contributed by atoms with Gasteiger partial charge in [-0.25, -0.2) is 0 Å². The molecule has 1 rings (SSSR count). The van der Waals surface area contributed by atoms with Crippen LogP contribution in [0.1, 0.15) is 18.9 Å². The maximum Gasteiger partial charge on any atom is 0.238 e. The van der Waals surface area contributed by atoms with Crippen LogP contribution in [0.25, 0.3) is 0 Å². The maximum absolute atomic E-state index is 11.0. The van der Waals surface area contributed by atoms with Crippen molar-refractivity contribution >= 4 is 40.5 Å². The number of carbonyl (C=O) groups is 1. The number of carbonyl (C=O) groups excluding carboxylic acids is 1. The van der Waals surface area contributed by atoms with Crippen LogP contribution in [0.4, 0.5) is 5.69 Å². The van der Waals surface area contributed by atoms with Crippen LogP contribution in [0.5, 0.6) is 0 Å². The predicted molar refractivity (Wildman–Crippen MR) is 74.0 cm³/mol. The average molecular weight is 272 g/mol. The second-order valence-electron chi connectivity index (χ2n) is 3.39. The highest BCUT2D eigenvalue weighted by Crippen LogP contribution is 2.22. The molecule has 0 aromatic heterocycles. The van der Waals surface area contributed by atoms with E-state index < -0.39 is 0 Å². The van der Waals surface area contributed by atoms with Crippen molar-refractivity contribution < 1.29 is 4.79 Å². The Morgan fingerprint density at radius 3 is 2.76 bits per heavy atom. The summed E-state index contributed by atoms with van der Waals surface area (Å²) in [5, 5.41) is 3.93. The first-order valence-corrected chi connectivity index (χ1v) is 5.94. The number of thiocarbonyl (C=S) groups is 1. The summed E-state index contributed by atoms with van der Waals surface area (Å²) in [5.74, 6) is -0.128. The van der Waals surface area contributed by atoms with Crippen LogP contribution < -0.4 is 16.2 Å². The Kier molecular flexibility index (Phi) is 5.18. The molecule has 0 saturated carbocycles. The molecular formula is C11H14ClN3OS. The summed E-state index contributed by atoms with van der Waals surface area (Å²) in [5.41, 5.74) is 6.78. The first-order valence-electron chi connectivity index (χ1n) is 5.15. The molecule has 0 aliphatic heterocycles. The van der Waals surface area contributed by atoms with Crippen LogP contribution >= 0.6 is 23.8 Å². The SMILES string of the molecule is CCC(=O)NNC(=S)Nc1cccc(Cl)c1C. The lowest BCUT2D eigenvalue weighted by Crippen LogP contribution is -2.43. The molecule has 17 heavy (non-hydrogen) atoms. The molecule has 6 heteroatoms. The summed E-state index contributed by atoms with van der Waals surface area (Å²) in [4.78, 5) is 11.0. The third-order valence-electron chi connectivity index (χ3n) is 2.15. The summed E-state index contributed by atoms with van der Waals surface area (Å²) in [6.07, 6.45) is 0.395. The van der Waals surface area contributed by atoms with Crippen LogP contribution in [0.15, 0.2) is 18.2 Å². The minimum atomic E-state index is -0.128. The molecule has 0 atom stereocenters. The number of anilines is 1. The van der Waals surface area contributed by atoms with Gasteiger partial charge >= 0.3 is 0 Å². The van der Waals surface area contributed by atoms with Gasteiger partial charge < -0.3 is 5.32 Å². The molecule has 0 radical (unpaired) electrons. The van der Waals surface area contributed by atoms with E-state index in [0.29, 0.717) is 16.6 Å². The Labute approximate surface area is 111 Å². The zero-order valence-electron chi connectivity index (χ0n) is 9.63. The topological polar surface area (TPSA) is 53.2 Å². The molecule has 0 fully saturated rings. The van der Waals surface area contributed by atoms with E-state index in [4.69, 9.17) is 23.8 Å². The molecule has 92 valence electrons. The number of rotatable bonds is 2. The number of nitrogens with one attached hydrogen (secondary N) is 3. The second kappa shape index (κ2) is 6.42. The van der Waals surface area contributed by atoms with Gasteiger partial charge in [-0.1, -0.05) is 24.6 Å². The van der Waals surface area contributed by atoms with Crippen molar-refractivity contribution in [3.05, 3.63) is 28.8 Å². The summed E-state index contributed by atoms with van der Waals surface area (Å²) in [7, 11) is 0. The molecule has 0 aliphatic rings. The van der Waals surface area contributed by atoms with Crippen LogP contribution in [0, 0.1) is 6.92 Å². The molecule has 0 spiro atoms. The van der Waals surface area contributed by atoms with E-state index in [-0.39, 0.29) is 5.91 Å². The van der Waals surface area contributed by atoms with E-state index in [9.17, 15) is 4.79 Å². The first kappa shape index (κ1) is 13.7. The van der Waals surface area contributed by atoms with E-state index in [0.717, 1.165) is 11.3 Å². The second-order valence-corrected chi connectivity index (χ2v) is 4.21. The Morgan fingerprint density at radius 1 is 1.41 bits per heavy atom. The van der Waals surface area contributed by atoms with Crippen LogP contribution in [-0.2, 0) is 4.79 Å². The molecule has 1 amide bonds. The Morgan fingerprint density at radius 2 is 2.12 bits per heavy atom. The van der Waals surface area contributed by atoms with Crippen molar-refractivity contribution in [1.82, 2.24) is 10.9 Å². The van der Waals surface area contributed by atoms with Gasteiger partial charge in [0.25, 0.3) is 0 Å². The van der Waals surface area contributed by atoms with Crippen molar-refractivity contribution in [2.75, 3.05) is 5.32 Å². The summed E-state index contributed by atoms with van der Waals surface area (Å²) in [6, 6.07) is 5.49. The van der Waals surface area contributed by atoms with E-state index in [1.165, 1.54) is 0 Å². The molecule has 0 bridgehead atoms. The largest absolute Gasteiger partial charge is 0.331 e. The van der Waals surface area contributed by atoms with E-state index in [2.05, 4.69) is 16.2 Å². The van der Waals surface area contributed by atoms with Gasteiger partial charge in [0.05, 0.1) is 0 Å². The number of benzene rings is 1. The Balaban J connectivity index is 2.56. The lowest BCUT2D eigenvalue weighted by molar-refractivity contribution is -0.121.